The zero-order valence-corrected chi connectivity index (χ0v) is 27.5. The van der Waals surface area contributed by atoms with Crippen molar-refractivity contribution in [1.29, 1.82) is 0 Å². The lowest BCUT2D eigenvalue weighted by molar-refractivity contribution is -0.127. The highest BCUT2D eigenvalue weighted by Gasteiger charge is 2.37. The number of amides is 2. The fraction of sp³-hybridized carbons (Fsp3) is 0.485. The van der Waals surface area contributed by atoms with Gasteiger partial charge in [-0.05, 0) is 75.9 Å². The molecular weight excluding hydrogens is 604 g/mol. The van der Waals surface area contributed by atoms with E-state index >= 15 is 0 Å². The topological polar surface area (TPSA) is 135 Å². The number of piperidine rings is 1. The summed E-state index contributed by atoms with van der Waals surface area (Å²) in [5, 5.41) is 16.2. The fourth-order valence-electron chi connectivity index (χ4n) is 6.83. The van der Waals surface area contributed by atoms with Gasteiger partial charge in [0.25, 0.3) is 0 Å². The molecule has 4 aromatic rings. The summed E-state index contributed by atoms with van der Waals surface area (Å²) in [6, 6.07) is 12.5. The first-order chi connectivity index (χ1) is 22.1. The fourth-order valence-corrected chi connectivity index (χ4v) is 8.53. The van der Waals surface area contributed by atoms with Crippen LogP contribution in [0.5, 0.6) is 0 Å². The molecule has 244 valence electrons. The summed E-state index contributed by atoms with van der Waals surface area (Å²) in [6.07, 6.45) is 9.38. The maximum absolute atomic E-state index is 14.5. The van der Waals surface area contributed by atoms with E-state index in [1.54, 1.807) is 34.4 Å². The van der Waals surface area contributed by atoms with Crippen LogP contribution in [-0.4, -0.2) is 67.9 Å². The first-order valence-corrected chi connectivity index (χ1v) is 17.6. The molecule has 0 spiro atoms. The number of hydrogen-bond acceptors (Lipinski definition) is 7. The summed E-state index contributed by atoms with van der Waals surface area (Å²) >= 11 is 0. The van der Waals surface area contributed by atoms with Crippen LogP contribution in [-0.2, 0) is 33.2 Å². The number of para-hydroxylation sites is 1. The Balaban J connectivity index is 1.41. The Kier molecular flexibility index (Phi) is 9.23. The molecule has 1 saturated heterocycles. The Bertz CT molecular complexity index is 1810. The third-order valence-corrected chi connectivity index (χ3v) is 11.3. The number of aromatic nitrogens is 5. The summed E-state index contributed by atoms with van der Waals surface area (Å²) in [4.78, 5) is 30.4. The van der Waals surface area contributed by atoms with Crippen molar-refractivity contribution >= 4 is 38.6 Å². The van der Waals surface area contributed by atoms with Gasteiger partial charge in [-0.1, -0.05) is 43.0 Å². The highest BCUT2D eigenvalue weighted by atomic mass is 32.2. The second kappa shape index (κ2) is 13.3. The normalized spacial score (nSPS) is 18.8. The molecule has 2 unspecified atom stereocenters. The van der Waals surface area contributed by atoms with Crippen molar-refractivity contribution in [2.45, 2.75) is 94.8 Å². The summed E-state index contributed by atoms with van der Waals surface area (Å²) in [7, 11) is -1.96. The highest BCUT2D eigenvalue weighted by molar-refractivity contribution is 7.89. The molecule has 1 N–H and O–H groups in total. The van der Waals surface area contributed by atoms with Crippen LogP contribution in [0.3, 0.4) is 0 Å². The van der Waals surface area contributed by atoms with Gasteiger partial charge in [-0.15, -0.1) is 5.10 Å². The molecule has 0 bridgehead atoms. The number of anilines is 1. The predicted octanol–water partition coefficient (Wildman–Crippen LogP) is 4.26. The van der Waals surface area contributed by atoms with Crippen LogP contribution in [0.4, 0.5) is 5.69 Å². The van der Waals surface area contributed by atoms with E-state index in [2.05, 4.69) is 20.7 Å². The molecule has 1 aliphatic heterocycles. The van der Waals surface area contributed by atoms with Crippen molar-refractivity contribution < 1.29 is 18.0 Å². The van der Waals surface area contributed by atoms with Gasteiger partial charge in [-0.2, -0.15) is 9.40 Å². The third-order valence-electron chi connectivity index (χ3n) is 9.24. The Labute approximate surface area is 269 Å². The molecular formula is C33H42N8O4S. The number of nitrogens with one attached hydrogen (secondary N) is 1. The largest absolute Gasteiger partial charge is 0.351 e. The summed E-state index contributed by atoms with van der Waals surface area (Å²) in [6.45, 7) is 4.05. The second-order valence-corrected chi connectivity index (χ2v) is 14.4. The Morgan fingerprint density at radius 1 is 1.00 bits per heavy atom. The minimum atomic E-state index is -3.74. The summed E-state index contributed by atoms with van der Waals surface area (Å²) in [5.41, 5.74) is 2.94. The van der Waals surface area contributed by atoms with Gasteiger partial charge in [0.2, 0.25) is 21.8 Å². The van der Waals surface area contributed by atoms with Gasteiger partial charge in [0.05, 0.1) is 16.1 Å². The Hall–Kier alpha value is -4.10. The summed E-state index contributed by atoms with van der Waals surface area (Å²) < 4.78 is 32.0. The van der Waals surface area contributed by atoms with Crippen LogP contribution in [0.1, 0.15) is 75.6 Å². The van der Waals surface area contributed by atoms with Gasteiger partial charge >= 0.3 is 0 Å². The van der Waals surface area contributed by atoms with Crippen LogP contribution < -0.4 is 10.2 Å². The van der Waals surface area contributed by atoms with Crippen molar-refractivity contribution in [2.75, 3.05) is 11.4 Å². The highest BCUT2D eigenvalue weighted by Crippen LogP contribution is 2.33. The van der Waals surface area contributed by atoms with E-state index in [9.17, 15) is 18.0 Å². The number of hydrogen-bond donors (Lipinski definition) is 1. The van der Waals surface area contributed by atoms with E-state index in [0.29, 0.717) is 34.5 Å². The molecule has 12 nitrogen and oxygen atoms in total. The van der Waals surface area contributed by atoms with Crippen molar-refractivity contribution in [1.82, 2.24) is 34.4 Å². The van der Waals surface area contributed by atoms with E-state index in [0.717, 1.165) is 51.4 Å². The number of benzene rings is 2. The number of carbonyl (C=O) groups excluding carboxylic acids is 2. The third kappa shape index (κ3) is 6.43. The van der Waals surface area contributed by atoms with Gasteiger partial charge < -0.3 is 5.32 Å². The van der Waals surface area contributed by atoms with Crippen molar-refractivity contribution in [3.05, 3.63) is 66.0 Å². The molecule has 13 heteroatoms. The lowest BCUT2D eigenvalue weighted by atomic mass is 9.94. The van der Waals surface area contributed by atoms with E-state index in [1.165, 1.54) is 21.7 Å². The second-order valence-electron chi connectivity index (χ2n) is 12.5. The molecule has 1 saturated carbocycles. The first-order valence-electron chi connectivity index (χ1n) is 16.2. The zero-order valence-electron chi connectivity index (χ0n) is 26.7. The average Bonchev–Trinajstić information content (AvgIpc) is 3.61. The molecule has 1 aliphatic carbocycles. The molecule has 2 aromatic carbocycles. The van der Waals surface area contributed by atoms with Crippen LogP contribution in [0.2, 0.25) is 0 Å². The maximum atomic E-state index is 14.5. The molecule has 46 heavy (non-hydrogen) atoms. The van der Waals surface area contributed by atoms with Crippen LogP contribution in [0.25, 0.3) is 11.0 Å². The molecule has 0 radical (unpaired) electrons. The number of rotatable bonds is 9. The lowest BCUT2D eigenvalue weighted by Crippen LogP contribution is -2.48. The number of nitrogens with zero attached hydrogens (tertiary/aromatic N) is 7. The van der Waals surface area contributed by atoms with Crippen LogP contribution in [0.15, 0.2) is 59.6 Å². The first kappa shape index (κ1) is 31.9. The number of carbonyl (C=O) groups is 2. The van der Waals surface area contributed by atoms with Crippen molar-refractivity contribution in [3.63, 3.8) is 0 Å². The van der Waals surface area contributed by atoms with E-state index < -0.39 is 22.0 Å². The Morgan fingerprint density at radius 3 is 2.41 bits per heavy atom. The summed E-state index contributed by atoms with van der Waals surface area (Å²) in [5.74, 6) is -0.707. The molecule has 2 fully saturated rings. The van der Waals surface area contributed by atoms with Gasteiger partial charge in [0.15, 0.2) is 0 Å². The maximum Gasteiger partial charge on any atom is 0.249 e. The van der Waals surface area contributed by atoms with Gasteiger partial charge in [-0.25, -0.2) is 13.1 Å². The standard InChI is InChI=1S/C33H42N8O4S/c1-23-11-9-10-20-40(23)46(44,45)27-18-16-26(17-19-27)41(31(42)22-39-30-15-8-7-14-29(30)35-37-39)32(28-21-38(3)36-24(28)2)33(43)34-25-12-5-4-6-13-25/h7-8,14-19,21,23,25,32H,4-6,9-13,20,22H2,1-3H3,(H,34,43). The monoisotopic (exact) mass is 646 g/mol. The van der Waals surface area contributed by atoms with Crippen molar-refractivity contribution in [3.8, 4) is 0 Å². The molecule has 3 heterocycles. The number of sulfonamides is 1. The van der Waals surface area contributed by atoms with Gasteiger partial charge in [-0.3, -0.25) is 19.2 Å². The van der Waals surface area contributed by atoms with Crippen LogP contribution >= 0.6 is 0 Å². The molecule has 2 aromatic heterocycles. The minimum absolute atomic E-state index is 0.0102. The van der Waals surface area contributed by atoms with Gasteiger partial charge in [0.1, 0.15) is 18.1 Å². The smallest absolute Gasteiger partial charge is 0.249 e. The predicted molar refractivity (Wildman–Crippen MR) is 174 cm³/mol. The molecule has 2 aliphatic rings. The van der Waals surface area contributed by atoms with E-state index in [4.69, 9.17) is 0 Å². The lowest BCUT2D eigenvalue weighted by Gasteiger charge is -2.34. The average molecular weight is 647 g/mol. The molecule has 6 rings (SSSR count). The minimum Gasteiger partial charge on any atom is -0.351 e. The molecule has 2 amide bonds. The Morgan fingerprint density at radius 2 is 1.72 bits per heavy atom. The van der Waals surface area contributed by atoms with E-state index in [1.807, 2.05) is 38.1 Å². The quantitative estimate of drug-likeness (QED) is 0.287. The van der Waals surface area contributed by atoms with E-state index in [-0.39, 0.29) is 29.4 Å². The SMILES string of the molecule is Cc1nn(C)cc1C(C(=O)NC1CCCCC1)N(C(=O)Cn1nnc2ccccc21)c1ccc(S(=O)(=O)N2CCCCC2C)cc1. The van der Waals surface area contributed by atoms with Crippen molar-refractivity contribution in [2.24, 2.45) is 7.05 Å². The van der Waals surface area contributed by atoms with Gasteiger partial charge in [0, 0.05) is 43.1 Å². The molecule has 2 atom stereocenters. The number of aryl methyl sites for hydroxylation is 2. The van der Waals surface area contributed by atoms with Crippen LogP contribution in [0, 0.1) is 6.92 Å². The number of fused-ring (bicyclic) bond motifs is 1. The zero-order chi connectivity index (χ0) is 32.4.